The van der Waals surface area contributed by atoms with Crippen LogP contribution in [0.15, 0.2) is 4.99 Å². The molecule has 3 rings (SSSR count). The molecule has 3 saturated heterocycles. The zero-order valence-electron chi connectivity index (χ0n) is 15.7. The molecule has 0 aromatic rings. The van der Waals surface area contributed by atoms with Gasteiger partial charge in [0, 0.05) is 33.2 Å². The molecule has 1 unspecified atom stereocenters. The van der Waals surface area contributed by atoms with E-state index in [1.807, 2.05) is 14.0 Å². The summed E-state index contributed by atoms with van der Waals surface area (Å²) in [6.45, 7) is 7.88. The van der Waals surface area contributed by atoms with Gasteiger partial charge in [0.2, 0.25) is 0 Å². The van der Waals surface area contributed by atoms with Crippen molar-refractivity contribution in [3.63, 3.8) is 0 Å². The maximum absolute atomic E-state index is 12.1. The van der Waals surface area contributed by atoms with E-state index in [4.69, 9.17) is 0 Å². The zero-order chi connectivity index (χ0) is 17.9. The van der Waals surface area contributed by atoms with Crippen LogP contribution in [-0.2, 0) is 4.79 Å². The molecular weight excluding hydrogens is 447 g/mol. The lowest BCUT2D eigenvalue weighted by Crippen LogP contribution is -2.55. The molecular formula is C17H31IN6O2. The lowest BCUT2D eigenvalue weighted by Gasteiger charge is -2.39. The summed E-state index contributed by atoms with van der Waals surface area (Å²) in [5.41, 5.74) is -0.782. The minimum atomic E-state index is -0.782. The van der Waals surface area contributed by atoms with Gasteiger partial charge in [-0.25, -0.2) is 4.79 Å². The van der Waals surface area contributed by atoms with Crippen molar-refractivity contribution in [2.24, 2.45) is 10.9 Å². The van der Waals surface area contributed by atoms with Crippen molar-refractivity contribution >= 4 is 41.9 Å². The molecule has 0 aromatic carbocycles. The van der Waals surface area contributed by atoms with Crippen LogP contribution in [0.5, 0.6) is 0 Å². The first-order chi connectivity index (χ1) is 12.0. The van der Waals surface area contributed by atoms with E-state index in [1.54, 1.807) is 0 Å². The van der Waals surface area contributed by atoms with Gasteiger partial charge in [-0.15, -0.1) is 24.0 Å². The minimum Gasteiger partial charge on any atom is -0.355 e. The lowest BCUT2D eigenvalue weighted by molar-refractivity contribution is -0.125. The number of carbonyl (C=O) groups excluding carboxylic acids is 2. The zero-order valence-corrected chi connectivity index (χ0v) is 18.0. The number of carbonyl (C=O) groups is 2. The highest BCUT2D eigenvalue weighted by molar-refractivity contribution is 14.0. The van der Waals surface area contributed by atoms with Crippen LogP contribution >= 0.6 is 24.0 Å². The fraction of sp³-hybridized carbons (Fsp3) is 0.824. The highest BCUT2D eigenvalue weighted by Crippen LogP contribution is 2.30. The quantitative estimate of drug-likeness (QED) is 0.238. The number of aliphatic imine (C=N–C) groups is 1. The maximum Gasteiger partial charge on any atom is 0.322 e. The van der Waals surface area contributed by atoms with Gasteiger partial charge in [-0.2, -0.15) is 0 Å². The molecule has 148 valence electrons. The second kappa shape index (κ2) is 9.20. The second-order valence-corrected chi connectivity index (χ2v) is 7.39. The van der Waals surface area contributed by atoms with Crippen LogP contribution in [0.3, 0.4) is 0 Å². The maximum atomic E-state index is 12.1. The van der Waals surface area contributed by atoms with Crippen LogP contribution in [0.25, 0.3) is 0 Å². The average molecular weight is 478 g/mol. The summed E-state index contributed by atoms with van der Waals surface area (Å²) in [5, 5.41) is 8.63. The molecule has 3 aliphatic rings. The number of urea groups is 1. The van der Waals surface area contributed by atoms with Gasteiger partial charge in [0.25, 0.3) is 5.91 Å². The fourth-order valence-electron chi connectivity index (χ4n) is 4.18. The van der Waals surface area contributed by atoms with E-state index in [2.05, 4.69) is 30.7 Å². The Morgan fingerprint density at radius 3 is 2.42 bits per heavy atom. The fourth-order valence-corrected chi connectivity index (χ4v) is 4.18. The first-order valence-electron chi connectivity index (χ1n) is 9.34. The van der Waals surface area contributed by atoms with E-state index in [0.717, 1.165) is 45.0 Å². The normalized spacial score (nSPS) is 27.9. The highest BCUT2D eigenvalue weighted by Gasteiger charge is 2.48. The molecule has 9 heteroatoms. The SMILES string of the molecule is CN=C(NCCN1CCCC1)N1CCC(C2(C)NC(=O)NC2=O)CC1.I. The van der Waals surface area contributed by atoms with Crippen molar-refractivity contribution in [3.05, 3.63) is 0 Å². The summed E-state index contributed by atoms with van der Waals surface area (Å²) >= 11 is 0. The topological polar surface area (TPSA) is 89.1 Å². The third kappa shape index (κ3) is 4.59. The van der Waals surface area contributed by atoms with Gasteiger partial charge in [0.15, 0.2) is 5.96 Å². The van der Waals surface area contributed by atoms with Gasteiger partial charge in [-0.1, -0.05) is 0 Å². The molecule has 0 saturated carbocycles. The molecule has 3 aliphatic heterocycles. The van der Waals surface area contributed by atoms with Crippen molar-refractivity contribution in [1.82, 2.24) is 25.8 Å². The summed E-state index contributed by atoms with van der Waals surface area (Å²) in [5.74, 6) is 0.879. The van der Waals surface area contributed by atoms with Crippen molar-refractivity contribution in [2.75, 3.05) is 46.3 Å². The number of imide groups is 1. The average Bonchev–Trinajstić information content (AvgIpc) is 3.20. The largest absolute Gasteiger partial charge is 0.355 e. The molecule has 8 nitrogen and oxygen atoms in total. The first kappa shape index (κ1) is 21.2. The van der Waals surface area contributed by atoms with Crippen LogP contribution < -0.4 is 16.0 Å². The number of halogens is 1. The summed E-state index contributed by atoms with van der Waals surface area (Å²) in [6, 6.07) is -0.380. The summed E-state index contributed by atoms with van der Waals surface area (Å²) in [4.78, 5) is 32.7. The lowest BCUT2D eigenvalue weighted by atomic mass is 9.79. The van der Waals surface area contributed by atoms with E-state index in [9.17, 15) is 9.59 Å². The van der Waals surface area contributed by atoms with Gasteiger partial charge in [-0.05, 0) is 51.6 Å². The van der Waals surface area contributed by atoms with Crippen molar-refractivity contribution in [2.45, 2.75) is 38.1 Å². The number of guanidine groups is 1. The summed E-state index contributed by atoms with van der Waals surface area (Å²) < 4.78 is 0. The van der Waals surface area contributed by atoms with Gasteiger partial charge < -0.3 is 20.4 Å². The van der Waals surface area contributed by atoms with E-state index < -0.39 is 5.54 Å². The Hall–Kier alpha value is -1.10. The van der Waals surface area contributed by atoms with Crippen LogP contribution in [0, 0.1) is 5.92 Å². The predicted octanol–water partition coefficient (Wildman–Crippen LogP) is 0.586. The number of likely N-dealkylation sites (tertiary alicyclic amines) is 2. The molecule has 3 amide bonds. The minimum absolute atomic E-state index is 0. The number of nitrogens with zero attached hydrogens (tertiary/aromatic N) is 3. The summed E-state index contributed by atoms with van der Waals surface area (Å²) in [6.07, 6.45) is 4.34. The predicted molar refractivity (Wildman–Crippen MR) is 112 cm³/mol. The van der Waals surface area contributed by atoms with E-state index in [1.165, 1.54) is 25.9 Å². The first-order valence-corrected chi connectivity index (χ1v) is 9.34. The van der Waals surface area contributed by atoms with Crippen LogP contribution in [0.1, 0.15) is 32.6 Å². The van der Waals surface area contributed by atoms with E-state index in [0.29, 0.717) is 0 Å². The Morgan fingerprint density at radius 1 is 1.23 bits per heavy atom. The van der Waals surface area contributed by atoms with Gasteiger partial charge in [0.05, 0.1) is 0 Å². The monoisotopic (exact) mass is 478 g/mol. The Labute approximate surface area is 172 Å². The van der Waals surface area contributed by atoms with Gasteiger partial charge >= 0.3 is 6.03 Å². The van der Waals surface area contributed by atoms with Crippen LogP contribution in [-0.4, -0.2) is 79.6 Å². The van der Waals surface area contributed by atoms with Gasteiger partial charge in [0.1, 0.15) is 5.54 Å². The molecule has 26 heavy (non-hydrogen) atoms. The smallest absolute Gasteiger partial charge is 0.322 e. The number of nitrogens with one attached hydrogen (secondary N) is 3. The molecule has 0 radical (unpaired) electrons. The number of hydrogen-bond donors (Lipinski definition) is 3. The highest BCUT2D eigenvalue weighted by atomic mass is 127. The number of hydrogen-bond acceptors (Lipinski definition) is 4. The molecule has 3 N–H and O–H groups in total. The Bertz CT molecular complexity index is 543. The van der Waals surface area contributed by atoms with Crippen LogP contribution in [0.2, 0.25) is 0 Å². The molecule has 1 atom stereocenters. The van der Waals surface area contributed by atoms with Crippen LogP contribution in [0.4, 0.5) is 4.79 Å². The third-order valence-corrected chi connectivity index (χ3v) is 5.80. The van der Waals surface area contributed by atoms with Crippen molar-refractivity contribution in [1.29, 1.82) is 0 Å². The summed E-state index contributed by atoms with van der Waals surface area (Å²) in [7, 11) is 1.82. The van der Waals surface area contributed by atoms with Gasteiger partial charge in [-0.3, -0.25) is 15.1 Å². The van der Waals surface area contributed by atoms with Crippen molar-refractivity contribution in [3.8, 4) is 0 Å². The number of amides is 3. The Balaban J connectivity index is 0.00000243. The molecule has 0 aromatic heterocycles. The third-order valence-electron chi connectivity index (χ3n) is 5.80. The standard InChI is InChI=1S/C17H30N6O2.HI/c1-17(14(24)20-16(25)21-17)13-5-10-23(11-6-13)15(18-2)19-7-12-22-8-3-4-9-22;/h13H,3-12H2,1-2H3,(H,18,19)(H2,20,21,24,25);1H. The number of rotatable bonds is 4. The molecule has 3 fully saturated rings. The number of piperidine rings is 1. The Kier molecular flexibility index (Phi) is 7.51. The second-order valence-electron chi connectivity index (χ2n) is 7.39. The van der Waals surface area contributed by atoms with E-state index in [-0.39, 0.29) is 41.8 Å². The molecule has 3 heterocycles. The molecule has 0 spiro atoms. The molecule has 0 aliphatic carbocycles. The van der Waals surface area contributed by atoms with Crippen molar-refractivity contribution < 1.29 is 9.59 Å². The van der Waals surface area contributed by atoms with E-state index >= 15 is 0 Å². The molecule has 0 bridgehead atoms. The Morgan fingerprint density at radius 2 is 1.88 bits per heavy atom.